The minimum atomic E-state index is -0.808. The zero-order chi connectivity index (χ0) is 12.8. The van der Waals surface area contributed by atoms with Crippen LogP contribution in [0.5, 0.6) is 0 Å². The molecule has 1 aromatic carbocycles. The second-order valence-corrected chi connectivity index (χ2v) is 3.89. The molecular formula is C12H18ClN3O2. The first-order chi connectivity index (χ1) is 8.06. The fourth-order valence-corrected chi connectivity index (χ4v) is 1.36. The molecule has 0 bridgehead atoms. The molecular weight excluding hydrogens is 254 g/mol. The molecule has 5 nitrogen and oxygen atoms in total. The van der Waals surface area contributed by atoms with Gasteiger partial charge in [0.05, 0.1) is 0 Å². The Hall–Kier alpha value is -1.59. The molecule has 2 amide bonds. The molecule has 0 aromatic heterocycles. The van der Waals surface area contributed by atoms with Crippen LogP contribution in [-0.2, 0) is 9.59 Å². The first kappa shape index (κ1) is 16.4. The number of halogens is 1. The summed E-state index contributed by atoms with van der Waals surface area (Å²) in [7, 11) is 0. The van der Waals surface area contributed by atoms with Gasteiger partial charge in [0, 0.05) is 12.5 Å². The standard InChI is InChI=1S/C12H17N3O2.ClH/c1-8(7-13)12(17)15-10(11(14)16)9-5-3-2-4-6-9;/h2-6,8,10H,7,13H2,1H3,(H2,14,16)(H,15,17);1H. The molecule has 5 N–H and O–H groups in total. The highest BCUT2D eigenvalue weighted by molar-refractivity contribution is 5.88. The maximum Gasteiger partial charge on any atom is 0.244 e. The predicted octanol–water partition coefficient (Wildman–Crippen LogP) is 0.346. The Labute approximate surface area is 112 Å². The number of nitrogens with two attached hydrogens (primary N) is 2. The van der Waals surface area contributed by atoms with Crippen molar-refractivity contribution in [2.75, 3.05) is 6.54 Å². The van der Waals surface area contributed by atoms with Gasteiger partial charge in [0.15, 0.2) is 0 Å². The van der Waals surface area contributed by atoms with E-state index >= 15 is 0 Å². The smallest absolute Gasteiger partial charge is 0.244 e. The molecule has 1 rings (SSSR count). The number of amides is 2. The first-order valence-corrected chi connectivity index (χ1v) is 5.41. The summed E-state index contributed by atoms with van der Waals surface area (Å²) in [4.78, 5) is 23.0. The molecule has 1 aromatic rings. The van der Waals surface area contributed by atoms with Crippen molar-refractivity contribution in [2.45, 2.75) is 13.0 Å². The topological polar surface area (TPSA) is 98.2 Å². The van der Waals surface area contributed by atoms with E-state index in [1.165, 1.54) is 0 Å². The number of carbonyl (C=O) groups excluding carboxylic acids is 2. The van der Waals surface area contributed by atoms with Gasteiger partial charge in [0.1, 0.15) is 6.04 Å². The van der Waals surface area contributed by atoms with Crippen molar-refractivity contribution in [1.29, 1.82) is 0 Å². The van der Waals surface area contributed by atoms with Crippen molar-refractivity contribution in [3.05, 3.63) is 35.9 Å². The summed E-state index contributed by atoms with van der Waals surface area (Å²) < 4.78 is 0. The molecule has 0 radical (unpaired) electrons. The Morgan fingerprint density at radius 1 is 1.28 bits per heavy atom. The fraction of sp³-hybridized carbons (Fsp3) is 0.333. The number of nitrogens with one attached hydrogen (secondary N) is 1. The quantitative estimate of drug-likeness (QED) is 0.720. The van der Waals surface area contributed by atoms with Crippen LogP contribution in [0.3, 0.4) is 0 Å². The lowest BCUT2D eigenvalue weighted by Gasteiger charge is -2.18. The van der Waals surface area contributed by atoms with Crippen LogP contribution in [0.15, 0.2) is 30.3 Å². The molecule has 2 unspecified atom stereocenters. The molecule has 100 valence electrons. The van der Waals surface area contributed by atoms with Gasteiger partial charge in [-0.1, -0.05) is 37.3 Å². The van der Waals surface area contributed by atoms with E-state index < -0.39 is 11.9 Å². The average Bonchev–Trinajstić information content (AvgIpc) is 2.35. The van der Waals surface area contributed by atoms with Crippen LogP contribution >= 0.6 is 12.4 Å². The maximum absolute atomic E-state index is 11.7. The first-order valence-electron chi connectivity index (χ1n) is 5.41. The third-order valence-corrected chi connectivity index (χ3v) is 2.51. The van der Waals surface area contributed by atoms with Gasteiger partial charge in [0.2, 0.25) is 11.8 Å². The maximum atomic E-state index is 11.7. The molecule has 0 aliphatic carbocycles. The third kappa shape index (κ3) is 4.35. The van der Waals surface area contributed by atoms with E-state index in [1.807, 2.05) is 6.07 Å². The summed E-state index contributed by atoms with van der Waals surface area (Å²) in [5, 5.41) is 2.59. The van der Waals surface area contributed by atoms with Gasteiger partial charge in [0.25, 0.3) is 0 Å². The normalized spacial score (nSPS) is 13.0. The number of hydrogen-bond acceptors (Lipinski definition) is 3. The molecule has 0 aliphatic heterocycles. The van der Waals surface area contributed by atoms with Crippen molar-refractivity contribution in [2.24, 2.45) is 17.4 Å². The van der Waals surface area contributed by atoms with Crippen LogP contribution in [0.4, 0.5) is 0 Å². The van der Waals surface area contributed by atoms with Gasteiger partial charge in [-0.3, -0.25) is 9.59 Å². The third-order valence-electron chi connectivity index (χ3n) is 2.51. The highest BCUT2D eigenvalue weighted by Crippen LogP contribution is 2.12. The fourth-order valence-electron chi connectivity index (χ4n) is 1.36. The van der Waals surface area contributed by atoms with Crippen LogP contribution in [0, 0.1) is 5.92 Å². The van der Waals surface area contributed by atoms with Gasteiger partial charge in [-0.2, -0.15) is 0 Å². The minimum absolute atomic E-state index is 0. The van der Waals surface area contributed by atoms with E-state index in [2.05, 4.69) is 5.32 Å². The van der Waals surface area contributed by atoms with Crippen LogP contribution in [0.2, 0.25) is 0 Å². The van der Waals surface area contributed by atoms with Crippen molar-refractivity contribution in [3.63, 3.8) is 0 Å². The molecule has 2 atom stereocenters. The Morgan fingerprint density at radius 2 is 1.83 bits per heavy atom. The van der Waals surface area contributed by atoms with Gasteiger partial charge < -0.3 is 16.8 Å². The summed E-state index contributed by atoms with van der Waals surface area (Å²) >= 11 is 0. The Kier molecular flexibility index (Phi) is 7.00. The second-order valence-electron chi connectivity index (χ2n) is 3.89. The van der Waals surface area contributed by atoms with E-state index in [1.54, 1.807) is 31.2 Å². The molecule has 0 fully saturated rings. The minimum Gasteiger partial charge on any atom is -0.368 e. The van der Waals surface area contributed by atoms with E-state index in [4.69, 9.17) is 11.5 Å². The van der Waals surface area contributed by atoms with Gasteiger partial charge >= 0.3 is 0 Å². The molecule has 0 aliphatic rings. The predicted molar refractivity (Wildman–Crippen MR) is 72.0 cm³/mol. The van der Waals surface area contributed by atoms with Crippen LogP contribution in [-0.4, -0.2) is 18.4 Å². The van der Waals surface area contributed by atoms with Crippen LogP contribution in [0.1, 0.15) is 18.5 Å². The van der Waals surface area contributed by atoms with Crippen molar-refractivity contribution < 1.29 is 9.59 Å². The van der Waals surface area contributed by atoms with Crippen molar-refractivity contribution in [3.8, 4) is 0 Å². The summed E-state index contributed by atoms with van der Waals surface area (Å²) in [5.74, 6) is -1.21. The summed E-state index contributed by atoms with van der Waals surface area (Å²) in [6, 6.07) is 8.06. The molecule has 0 saturated heterocycles. The molecule has 6 heteroatoms. The van der Waals surface area contributed by atoms with E-state index in [0.29, 0.717) is 5.56 Å². The molecule has 0 heterocycles. The molecule has 0 spiro atoms. The summed E-state index contributed by atoms with van der Waals surface area (Å²) in [5.41, 5.74) is 11.3. The lowest BCUT2D eigenvalue weighted by atomic mass is 10.0. The average molecular weight is 272 g/mol. The number of primary amides is 1. The second kappa shape index (κ2) is 7.68. The number of benzene rings is 1. The molecule has 18 heavy (non-hydrogen) atoms. The monoisotopic (exact) mass is 271 g/mol. The number of rotatable bonds is 5. The Morgan fingerprint density at radius 3 is 2.28 bits per heavy atom. The van der Waals surface area contributed by atoms with Crippen LogP contribution < -0.4 is 16.8 Å². The summed E-state index contributed by atoms with van der Waals surface area (Å²) in [6.07, 6.45) is 0. The zero-order valence-electron chi connectivity index (χ0n) is 10.1. The lowest BCUT2D eigenvalue weighted by molar-refractivity contribution is -0.129. The Balaban J connectivity index is 0.00000289. The van der Waals surface area contributed by atoms with Gasteiger partial charge in [-0.05, 0) is 5.56 Å². The van der Waals surface area contributed by atoms with Crippen molar-refractivity contribution in [1.82, 2.24) is 5.32 Å². The molecule has 0 saturated carbocycles. The Bertz CT molecular complexity index is 398. The highest BCUT2D eigenvalue weighted by atomic mass is 35.5. The van der Waals surface area contributed by atoms with Crippen LogP contribution in [0.25, 0.3) is 0 Å². The number of carbonyl (C=O) groups is 2. The van der Waals surface area contributed by atoms with E-state index in [0.717, 1.165) is 0 Å². The SMILES string of the molecule is CC(CN)C(=O)NC(C(N)=O)c1ccccc1.Cl. The zero-order valence-corrected chi connectivity index (χ0v) is 10.9. The largest absolute Gasteiger partial charge is 0.368 e. The van der Waals surface area contributed by atoms with E-state index in [-0.39, 0.29) is 30.8 Å². The lowest BCUT2D eigenvalue weighted by Crippen LogP contribution is -2.41. The van der Waals surface area contributed by atoms with Gasteiger partial charge in [-0.25, -0.2) is 0 Å². The highest BCUT2D eigenvalue weighted by Gasteiger charge is 2.22. The van der Waals surface area contributed by atoms with Crippen molar-refractivity contribution >= 4 is 24.2 Å². The summed E-state index contributed by atoms with van der Waals surface area (Å²) in [6.45, 7) is 1.92. The van der Waals surface area contributed by atoms with Gasteiger partial charge in [-0.15, -0.1) is 12.4 Å². The number of hydrogen-bond donors (Lipinski definition) is 3. The van der Waals surface area contributed by atoms with E-state index in [9.17, 15) is 9.59 Å².